The summed E-state index contributed by atoms with van der Waals surface area (Å²) in [6, 6.07) is 0. The van der Waals surface area contributed by atoms with Gasteiger partial charge in [0.15, 0.2) is 5.82 Å². The third-order valence-corrected chi connectivity index (χ3v) is 1.34. The van der Waals surface area contributed by atoms with Gasteiger partial charge in [-0.25, -0.2) is 13.5 Å². The Balaban J connectivity index is 2.77. The zero-order chi connectivity index (χ0) is 10.8. The maximum Gasteiger partial charge on any atom is 0.311 e. The standard InChI is InChI=1S/C6H8F2N4O2/c1-6(7,8)3-12-4(2-5(13)14)9-10-11-12/h2-3H2,1H3,(H,13,14). The van der Waals surface area contributed by atoms with Gasteiger partial charge >= 0.3 is 5.97 Å². The van der Waals surface area contributed by atoms with Gasteiger partial charge in [0, 0.05) is 6.92 Å². The summed E-state index contributed by atoms with van der Waals surface area (Å²) in [6.07, 6.45) is -0.469. The summed E-state index contributed by atoms with van der Waals surface area (Å²) in [7, 11) is 0. The van der Waals surface area contributed by atoms with Crippen LogP contribution in [0.25, 0.3) is 0 Å². The summed E-state index contributed by atoms with van der Waals surface area (Å²) >= 11 is 0. The maximum atomic E-state index is 12.5. The minimum atomic E-state index is -2.97. The van der Waals surface area contributed by atoms with Crippen molar-refractivity contribution in [2.75, 3.05) is 0 Å². The van der Waals surface area contributed by atoms with Crippen LogP contribution in [-0.2, 0) is 17.8 Å². The van der Waals surface area contributed by atoms with Gasteiger partial charge in [-0.2, -0.15) is 0 Å². The molecule has 0 fully saturated rings. The number of aliphatic carboxylic acids is 1. The second kappa shape index (κ2) is 3.64. The number of hydrogen-bond donors (Lipinski definition) is 1. The van der Waals surface area contributed by atoms with Crippen molar-refractivity contribution in [3.63, 3.8) is 0 Å². The fourth-order valence-electron chi connectivity index (χ4n) is 0.871. The average molecular weight is 206 g/mol. The molecule has 1 heterocycles. The Bertz CT molecular complexity index is 333. The summed E-state index contributed by atoms with van der Waals surface area (Å²) in [5, 5.41) is 18.1. The Morgan fingerprint density at radius 3 is 2.79 bits per heavy atom. The molecular weight excluding hydrogens is 198 g/mol. The molecule has 0 aliphatic heterocycles. The molecular formula is C6H8F2N4O2. The number of aromatic nitrogens is 4. The number of carboxylic acid groups (broad SMARTS) is 1. The Morgan fingerprint density at radius 1 is 1.64 bits per heavy atom. The lowest BCUT2D eigenvalue weighted by Gasteiger charge is -2.09. The number of tetrazole rings is 1. The number of carbonyl (C=O) groups is 1. The largest absolute Gasteiger partial charge is 0.481 e. The van der Waals surface area contributed by atoms with Crippen molar-refractivity contribution >= 4 is 5.97 Å². The molecule has 0 unspecified atom stereocenters. The van der Waals surface area contributed by atoms with Crippen LogP contribution in [0.4, 0.5) is 8.78 Å². The Kier molecular flexibility index (Phi) is 2.73. The van der Waals surface area contributed by atoms with Crippen LogP contribution >= 0.6 is 0 Å². The molecule has 1 N–H and O–H groups in total. The first kappa shape index (κ1) is 10.5. The Morgan fingerprint density at radius 2 is 2.29 bits per heavy atom. The first-order valence-corrected chi connectivity index (χ1v) is 3.73. The van der Waals surface area contributed by atoms with Crippen LogP contribution in [0.5, 0.6) is 0 Å². The zero-order valence-electron chi connectivity index (χ0n) is 7.31. The van der Waals surface area contributed by atoms with Crippen LogP contribution in [0.2, 0.25) is 0 Å². The number of alkyl halides is 2. The van der Waals surface area contributed by atoms with Crippen LogP contribution in [0.3, 0.4) is 0 Å². The van der Waals surface area contributed by atoms with Gasteiger partial charge in [-0.15, -0.1) is 5.10 Å². The van der Waals surface area contributed by atoms with Gasteiger partial charge in [0.05, 0.1) is 0 Å². The Labute approximate surface area is 77.5 Å². The van der Waals surface area contributed by atoms with Crippen molar-refractivity contribution in [2.45, 2.75) is 25.8 Å². The van der Waals surface area contributed by atoms with E-state index in [0.29, 0.717) is 6.92 Å². The fourth-order valence-corrected chi connectivity index (χ4v) is 0.871. The van der Waals surface area contributed by atoms with E-state index in [1.54, 1.807) is 0 Å². The number of rotatable bonds is 4. The normalized spacial score (nSPS) is 11.6. The number of hydrogen-bond acceptors (Lipinski definition) is 4. The van der Waals surface area contributed by atoms with Crippen molar-refractivity contribution in [3.05, 3.63) is 5.82 Å². The average Bonchev–Trinajstić information content (AvgIpc) is 2.32. The monoisotopic (exact) mass is 206 g/mol. The van der Waals surface area contributed by atoms with Gasteiger partial charge in [-0.3, -0.25) is 4.79 Å². The number of carboxylic acids is 1. The molecule has 0 atom stereocenters. The van der Waals surface area contributed by atoms with E-state index in [4.69, 9.17) is 5.11 Å². The van der Waals surface area contributed by atoms with Crippen LogP contribution in [0, 0.1) is 0 Å². The Hall–Kier alpha value is -1.60. The first-order chi connectivity index (χ1) is 6.38. The van der Waals surface area contributed by atoms with Gasteiger partial charge in [-0.05, 0) is 10.4 Å². The molecule has 0 spiro atoms. The molecule has 6 nitrogen and oxygen atoms in total. The molecule has 0 aliphatic carbocycles. The van der Waals surface area contributed by atoms with Gasteiger partial charge in [0.2, 0.25) is 0 Å². The van der Waals surface area contributed by atoms with E-state index in [2.05, 4.69) is 15.5 Å². The molecule has 0 aromatic carbocycles. The topological polar surface area (TPSA) is 80.9 Å². The van der Waals surface area contributed by atoms with E-state index < -0.39 is 24.9 Å². The number of nitrogens with zero attached hydrogens (tertiary/aromatic N) is 4. The highest BCUT2D eigenvalue weighted by Gasteiger charge is 2.25. The van der Waals surface area contributed by atoms with Crippen LogP contribution < -0.4 is 0 Å². The quantitative estimate of drug-likeness (QED) is 0.747. The van der Waals surface area contributed by atoms with Crippen LogP contribution in [0.1, 0.15) is 12.7 Å². The third-order valence-electron chi connectivity index (χ3n) is 1.34. The van der Waals surface area contributed by atoms with Gasteiger partial charge in [-0.1, -0.05) is 0 Å². The first-order valence-electron chi connectivity index (χ1n) is 3.73. The molecule has 1 aromatic rings. The summed E-state index contributed by atoms with van der Waals surface area (Å²) < 4.78 is 25.9. The van der Waals surface area contributed by atoms with E-state index in [-0.39, 0.29) is 5.82 Å². The van der Waals surface area contributed by atoms with Gasteiger partial charge < -0.3 is 5.11 Å². The molecule has 0 saturated heterocycles. The highest BCUT2D eigenvalue weighted by molar-refractivity contribution is 5.68. The van der Waals surface area contributed by atoms with E-state index in [9.17, 15) is 13.6 Å². The molecule has 0 saturated carbocycles. The summed E-state index contributed by atoms with van der Waals surface area (Å²) in [6.45, 7) is -0.0121. The van der Waals surface area contributed by atoms with E-state index >= 15 is 0 Å². The minimum absolute atomic E-state index is 0.0842. The van der Waals surface area contributed by atoms with Gasteiger partial charge in [0.1, 0.15) is 13.0 Å². The fraction of sp³-hybridized carbons (Fsp3) is 0.667. The smallest absolute Gasteiger partial charge is 0.311 e. The predicted molar refractivity (Wildman–Crippen MR) is 39.8 cm³/mol. The minimum Gasteiger partial charge on any atom is -0.481 e. The molecule has 0 amide bonds. The van der Waals surface area contributed by atoms with Crippen molar-refractivity contribution < 1.29 is 18.7 Å². The molecule has 0 radical (unpaired) electrons. The van der Waals surface area contributed by atoms with E-state index in [0.717, 1.165) is 4.68 Å². The lowest BCUT2D eigenvalue weighted by molar-refractivity contribution is -0.136. The zero-order valence-corrected chi connectivity index (χ0v) is 7.31. The molecule has 0 bridgehead atoms. The van der Waals surface area contributed by atoms with E-state index in [1.165, 1.54) is 0 Å². The summed E-state index contributed by atoms with van der Waals surface area (Å²) in [5.74, 6) is -4.22. The highest BCUT2D eigenvalue weighted by atomic mass is 19.3. The van der Waals surface area contributed by atoms with Crippen LogP contribution in [-0.4, -0.2) is 37.2 Å². The summed E-state index contributed by atoms with van der Waals surface area (Å²) in [4.78, 5) is 10.3. The third kappa shape index (κ3) is 3.04. The second-order valence-electron chi connectivity index (χ2n) is 2.89. The van der Waals surface area contributed by atoms with Crippen molar-refractivity contribution in [1.82, 2.24) is 20.2 Å². The number of halogens is 2. The SMILES string of the molecule is CC(F)(F)Cn1nnnc1CC(=O)O. The lowest BCUT2D eigenvalue weighted by Crippen LogP contribution is -2.23. The molecule has 0 aliphatic rings. The maximum absolute atomic E-state index is 12.5. The van der Waals surface area contributed by atoms with Crippen LogP contribution in [0.15, 0.2) is 0 Å². The molecule has 8 heteroatoms. The van der Waals surface area contributed by atoms with E-state index in [1.807, 2.05) is 0 Å². The predicted octanol–water partition coefficient (Wildman–Crippen LogP) is -0.0446. The summed E-state index contributed by atoms with van der Waals surface area (Å²) in [5.41, 5.74) is 0. The molecule has 14 heavy (non-hydrogen) atoms. The van der Waals surface area contributed by atoms with Crippen molar-refractivity contribution in [1.29, 1.82) is 0 Å². The molecule has 78 valence electrons. The van der Waals surface area contributed by atoms with Crippen molar-refractivity contribution in [3.8, 4) is 0 Å². The molecule has 1 rings (SSSR count). The second-order valence-corrected chi connectivity index (χ2v) is 2.89. The van der Waals surface area contributed by atoms with Gasteiger partial charge in [0.25, 0.3) is 5.92 Å². The molecule has 1 aromatic heterocycles. The van der Waals surface area contributed by atoms with Crippen molar-refractivity contribution in [2.24, 2.45) is 0 Å². The lowest BCUT2D eigenvalue weighted by atomic mass is 10.3. The highest BCUT2D eigenvalue weighted by Crippen LogP contribution is 2.14.